The highest BCUT2D eigenvalue weighted by Gasteiger charge is 2.04. The molecule has 17 heavy (non-hydrogen) atoms. The van der Waals surface area contributed by atoms with Crippen molar-refractivity contribution in [2.45, 2.75) is 13.0 Å². The number of methoxy groups -OCH3 is 1. The molecular weight excluding hydrogens is 329 g/mol. The van der Waals surface area contributed by atoms with Crippen LogP contribution in [0.4, 0.5) is 0 Å². The normalized spacial score (nSPS) is 10.7. The van der Waals surface area contributed by atoms with Gasteiger partial charge in [0.15, 0.2) is 5.82 Å². The van der Waals surface area contributed by atoms with Crippen molar-refractivity contribution in [1.29, 1.82) is 0 Å². The Morgan fingerprint density at radius 1 is 1.41 bits per heavy atom. The van der Waals surface area contributed by atoms with E-state index in [1.54, 1.807) is 13.4 Å². The minimum absolute atomic E-state index is 0.748. The topological polar surface area (TPSA) is 39.9 Å². The Bertz CT molecular complexity index is 484. The lowest BCUT2D eigenvalue weighted by Crippen LogP contribution is -2.01. The highest BCUT2D eigenvalue weighted by molar-refractivity contribution is 14.1. The third kappa shape index (κ3) is 3.50. The van der Waals surface area contributed by atoms with Crippen LogP contribution < -0.4 is 0 Å². The van der Waals surface area contributed by atoms with Crippen LogP contribution in [-0.2, 0) is 11.3 Å². The average Bonchev–Trinajstić information content (AvgIpc) is 2.78. The summed E-state index contributed by atoms with van der Waals surface area (Å²) in [5, 5.41) is 4.44. The number of hydrogen-bond acceptors (Lipinski definition) is 3. The number of hydrogen-bond donors (Lipinski definition) is 0. The van der Waals surface area contributed by atoms with E-state index in [1.165, 1.54) is 3.57 Å². The molecule has 4 nitrogen and oxygen atoms in total. The summed E-state index contributed by atoms with van der Waals surface area (Å²) < 4.78 is 8.05. The lowest BCUT2D eigenvalue weighted by Gasteiger charge is -1.99. The Hall–Kier alpha value is -0.950. The molecule has 0 aliphatic heterocycles. The minimum Gasteiger partial charge on any atom is -0.385 e. The Labute approximate surface area is 114 Å². The quantitative estimate of drug-likeness (QED) is 0.619. The maximum Gasteiger partial charge on any atom is 0.181 e. The van der Waals surface area contributed by atoms with Gasteiger partial charge in [-0.25, -0.2) is 4.98 Å². The van der Waals surface area contributed by atoms with Crippen molar-refractivity contribution < 1.29 is 4.74 Å². The summed E-state index contributed by atoms with van der Waals surface area (Å²) in [4.78, 5) is 4.31. The van der Waals surface area contributed by atoms with E-state index in [1.807, 2.05) is 16.8 Å². The van der Waals surface area contributed by atoms with Crippen molar-refractivity contribution in [3.63, 3.8) is 0 Å². The van der Waals surface area contributed by atoms with Gasteiger partial charge in [-0.1, -0.05) is 12.1 Å². The van der Waals surface area contributed by atoms with Gasteiger partial charge < -0.3 is 4.74 Å². The molecule has 0 atom stereocenters. The van der Waals surface area contributed by atoms with E-state index in [-0.39, 0.29) is 0 Å². The van der Waals surface area contributed by atoms with E-state index < -0.39 is 0 Å². The second-order valence-corrected chi connectivity index (χ2v) is 4.93. The van der Waals surface area contributed by atoms with E-state index in [9.17, 15) is 0 Å². The molecule has 0 aliphatic rings. The van der Waals surface area contributed by atoms with E-state index in [4.69, 9.17) is 4.74 Å². The Morgan fingerprint density at radius 3 is 3.06 bits per heavy atom. The van der Waals surface area contributed by atoms with Crippen LogP contribution in [0.2, 0.25) is 0 Å². The van der Waals surface area contributed by atoms with Crippen LogP contribution in [0.1, 0.15) is 6.42 Å². The minimum atomic E-state index is 0.748. The first-order valence-corrected chi connectivity index (χ1v) is 6.52. The van der Waals surface area contributed by atoms with Crippen LogP contribution in [0.25, 0.3) is 11.4 Å². The molecule has 1 aromatic carbocycles. The first-order chi connectivity index (χ1) is 8.29. The van der Waals surface area contributed by atoms with Gasteiger partial charge in [-0.2, -0.15) is 5.10 Å². The summed E-state index contributed by atoms with van der Waals surface area (Å²) in [6.45, 7) is 1.59. The summed E-state index contributed by atoms with van der Waals surface area (Å²) in [6, 6.07) is 8.18. The fraction of sp³-hybridized carbons (Fsp3) is 0.333. The molecule has 1 aromatic heterocycles. The van der Waals surface area contributed by atoms with Gasteiger partial charge in [0, 0.05) is 29.4 Å². The van der Waals surface area contributed by atoms with Crippen molar-refractivity contribution in [2.75, 3.05) is 13.7 Å². The Kier molecular flexibility index (Phi) is 4.49. The molecule has 90 valence electrons. The second kappa shape index (κ2) is 6.11. The maximum absolute atomic E-state index is 5.01. The van der Waals surface area contributed by atoms with E-state index in [0.717, 1.165) is 31.0 Å². The third-order valence-corrected chi connectivity index (χ3v) is 3.03. The van der Waals surface area contributed by atoms with E-state index in [2.05, 4.69) is 44.8 Å². The first kappa shape index (κ1) is 12.5. The predicted octanol–water partition coefficient (Wildman–Crippen LogP) is 2.59. The number of benzene rings is 1. The summed E-state index contributed by atoms with van der Waals surface area (Å²) in [5.41, 5.74) is 1.06. The smallest absolute Gasteiger partial charge is 0.181 e. The molecule has 0 unspecified atom stereocenters. The van der Waals surface area contributed by atoms with Crippen molar-refractivity contribution in [3.8, 4) is 11.4 Å². The van der Waals surface area contributed by atoms with Crippen LogP contribution in [0.15, 0.2) is 30.6 Å². The molecule has 0 saturated heterocycles. The number of rotatable bonds is 5. The van der Waals surface area contributed by atoms with Crippen LogP contribution in [0, 0.1) is 3.57 Å². The zero-order valence-corrected chi connectivity index (χ0v) is 11.8. The van der Waals surface area contributed by atoms with Crippen molar-refractivity contribution in [3.05, 3.63) is 34.2 Å². The summed E-state index contributed by atoms with van der Waals surface area (Å²) in [6.07, 6.45) is 2.72. The average molecular weight is 343 g/mol. The molecule has 5 heteroatoms. The molecule has 0 bridgehead atoms. The molecule has 0 aliphatic carbocycles. The van der Waals surface area contributed by atoms with Gasteiger partial charge in [-0.05, 0) is 41.1 Å². The number of nitrogens with zero attached hydrogens (tertiary/aromatic N) is 3. The molecule has 2 rings (SSSR count). The Balaban J connectivity index is 2.07. The number of aromatic nitrogens is 3. The molecule has 0 spiro atoms. The van der Waals surface area contributed by atoms with Gasteiger partial charge in [-0.3, -0.25) is 4.68 Å². The summed E-state index contributed by atoms with van der Waals surface area (Å²) >= 11 is 2.29. The summed E-state index contributed by atoms with van der Waals surface area (Å²) in [7, 11) is 1.71. The van der Waals surface area contributed by atoms with Crippen molar-refractivity contribution in [1.82, 2.24) is 14.8 Å². The molecule has 2 aromatic rings. The maximum atomic E-state index is 5.01. The van der Waals surface area contributed by atoms with Crippen molar-refractivity contribution >= 4 is 22.6 Å². The van der Waals surface area contributed by atoms with Crippen LogP contribution >= 0.6 is 22.6 Å². The molecule has 0 fully saturated rings. The molecule has 1 heterocycles. The van der Waals surface area contributed by atoms with Gasteiger partial charge in [-0.15, -0.1) is 0 Å². The van der Waals surface area contributed by atoms with Crippen molar-refractivity contribution in [2.24, 2.45) is 0 Å². The number of aryl methyl sites for hydroxylation is 1. The Morgan fingerprint density at radius 2 is 2.29 bits per heavy atom. The van der Waals surface area contributed by atoms with Crippen LogP contribution in [0.3, 0.4) is 0 Å². The standard InChI is InChI=1S/C12H14IN3O/c1-17-7-3-6-16-9-14-12(15-16)10-4-2-5-11(13)8-10/h2,4-5,8-9H,3,6-7H2,1H3. The molecule has 0 radical (unpaired) electrons. The fourth-order valence-corrected chi connectivity index (χ4v) is 2.08. The van der Waals surface area contributed by atoms with E-state index >= 15 is 0 Å². The van der Waals surface area contributed by atoms with Crippen LogP contribution in [0.5, 0.6) is 0 Å². The van der Waals surface area contributed by atoms with Gasteiger partial charge in [0.05, 0.1) is 0 Å². The van der Waals surface area contributed by atoms with Gasteiger partial charge in [0.1, 0.15) is 6.33 Å². The fourth-order valence-electron chi connectivity index (χ4n) is 1.53. The zero-order chi connectivity index (χ0) is 12.1. The summed E-state index contributed by atoms with van der Waals surface area (Å²) in [5.74, 6) is 0.779. The third-order valence-electron chi connectivity index (χ3n) is 2.35. The van der Waals surface area contributed by atoms with E-state index in [0.29, 0.717) is 0 Å². The number of halogens is 1. The highest BCUT2D eigenvalue weighted by atomic mass is 127. The zero-order valence-electron chi connectivity index (χ0n) is 9.64. The molecule has 0 N–H and O–H groups in total. The predicted molar refractivity (Wildman–Crippen MR) is 74.7 cm³/mol. The monoisotopic (exact) mass is 343 g/mol. The number of ether oxygens (including phenoxy) is 1. The van der Waals surface area contributed by atoms with Gasteiger partial charge >= 0.3 is 0 Å². The lowest BCUT2D eigenvalue weighted by molar-refractivity contribution is 0.189. The second-order valence-electron chi connectivity index (χ2n) is 3.69. The SMILES string of the molecule is COCCCn1cnc(-c2cccc(I)c2)n1. The molecule has 0 saturated carbocycles. The largest absolute Gasteiger partial charge is 0.385 e. The van der Waals surface area contributed by atoms with Gasteiger partial charge in [0.2, 0.25) is 0 Å². The first-order valence-electron chi connectivity index (χ1n) is 5.44. The lowest BCUT2D eigenvalue weighted by atomic mass is 10.2. The highest BCUT2D eigenvalue weighted by Crippen LogP contribution is 2.17. The molecular formula is C12H14IN3O. The van der Waals surface area contributed by atoms with Crippen LogP contribution in [-0.4, -0.2) is 28.5 Å². The molecule has 0 amide bonds. The van der Waals surface area contributed by atoms with Gasteiger partial charge in [0.25, 0.3) is 0 Å².